The summed E-state index contributed by atoms with van der Waals surface area (Å²) in [4.78, 5) is 0. The van der Waals surface area contributed by atoms with Gasteiger partial charge in [-0.3, -0.25) is 0 Å². The average Bonchev–Trinajstić information content (AvgIpc) is 2.30. The average molecular weight is 202 g/mol. The Labute approximate surface area is 91.2 Å². The maximum Gasteiger partial charge on any atom is 0.0235 e. The number of nitrogens with one attached hydrogen (secondary N) is 1. The summed E-state index contributed by atoms with van der Waals surface area (Å²) in [7, 11) is 0. The molecule has 15 heavy (non-hydrogen) atoms. The van der Waals surface area contributed by atoms with Gasteiger partial charge in [0.05, 0.1) is 0 Å². The molecule has 2 heteroatoms. The molecular formula is C13H18N2. The lowest BCUT2D eigenvalue weighted by Gasteiger charge is -2.29. The lowest BCUT2D eigenvalue weighted by Crippen LogP contribution is -2.44. The topological polar surface area (TPSA) is 38.0 Å². The van der Waals surface area contributed by atoms with Crippen LogP contribution in [0.25, 0.3) is 6.08 Å². The smallest absolute Gasteiger partial charge is 0.0235 e. The minimum absolute atomic E-state index is 0.244. The summed E-state index contributed by atoms with van der Waals surface area (Å²) in [6.45, 7) is 5.75. The van der Waals surface area contributed by atoms with Crippen molar-refractivity contribution >= 4 is 6.08 Å². The van der Waals surface area contributed by atoms with Crippen molar-refractivity contribution in [1.82, 2.24) is 5.32 Å². The number of nitrogens with two attached hydrogens (primary N) is 1. The van der Waals surface area contributed by atoms with E-state index in [1.165, 1.54) is 11.1 Å². The van der Waals surface area contributed by atoms with E-state index in [0.717, 1.165) is 19.5 Å². The quantitative estimate of drug-likeness (QED) is 0.766. The van der Waals surface area contributed by atoms with Gasteiger partial charge in [0.25, 0.3) is 0 Å². The molecule has 2 atom stereocenters. The van der Waals surface area contributed by atoms with Crippen molar-refractivity contribution in [3.63, 3.8) is 0 Å². The Kier molecular flexibility index (Phi) is 3.19. The zero-order chi connectivity index (χ0) is 10.7. The van der Waals surface area contributed by atoms with E-state index in [9.17, 15) is 0 Å². The fourth-order valence-electron chi connectivity index (χ4n) is 2.18. The summed E-state index contributed by atoms with van der Waals surface area (Å²) in [5, 5.41) is 3.32. The van der Waals surface area contributed by atoms with E-state index in [2.05, 4.69) is 36.2 Å². The van der Waals surface area contributed by atoms with E-state index in [1.54, 1.807) is 0 Å². The SMILES string of the molecule is C=Cc1ccc(C2CCNCC2N)cc1. The lowest BCUT2D eigenvalue weighted by atomic mass is 9.86. The predicted octanol–water partition coefficient (Wildman–Crippen LogP) is 1.73. The number of rotatable bonds is 2. The molecule has 0 aromatic heterocycles. The van der Waals surface area contributed by atoms with E-state index in [1.807, 2.05) is 6.08 Å². The van der Waals surface area contributed by atoms with Gasteiger partial charge in [0, 0.05) is 18.5 Å². The normalized spacial score (nSPS) is 26.2. The van der Waals surface area contributed by atoms with Crippen molar-refractivity contribution < 1.29 is 0 Å². The number of hydrogen-bond donors (Lipinski definition) is 2. The Hall–Kier alpha value is -1.12. The molecule has 0 saturated carbocycles. The van der Waals surface area contributed by atoms with Crippen molar-refractivity contribution in [2.24, 2.45) is 5.73 Å². The first kappa shape index (κ1) is 10.4. The zero-order valence-corrected chi connectivity index (χ0v) is 8.95. The van der Waals surface area contributed by atoms with Crippen molar-refractivity contribution in [3.8, 4) is 0 Å². The van der Waals surface area contributed by atoms with Crippen molar-refractivity contribution in [1.29, 1.82) is 0 Å². The van der Waals surface area contributed by atoms with Gasteiger partial charge in [-0.15, -0.1) is 0 Å². The van der Waals surface area contributed by atoms with Gasteiger partial charge < -0.3 is 11.1 Å². The third-order valence-corrected chi connectivity index (χ3v) is 3.13. The van der Waals surface area contributed by atoms with Gasteiger partial charge in [0.15, 0.2) is 0 Å². The predicted molar refractivity (Wildman–Crippen MR) is 64.7 cm³/mol. The van der Waals surface area contributed by atoms with E-state index in [0.29, 0.717) is 5.92 Å². The first-order valence-corrected chi connectivity index (χ1v) is 5.50. The first-order chi connectivity index (χ1) is 7.31. The summed E-state index contributed by atoms with van der Waals surface area (Å²) in [5.74, 6) is 0.505. The number of benzene rings is 1. The molecule has 1 aliphatic heterocycles. The summed E-state index contributed by atoms with van der Waals surface area (Å²) in [6, 6.07) is 8.81. The van der Waals surface area contributed by atoms with Crippen LogP contribution in [0, 0.1) is 0 Å². The van der Waals surface area contributed by atoms with Crippen LogP contribution in [0.3, 0.4) is 0 Å². The van der Waals surface area contributed by atoms with E-state index in [-0.39, 0.29) is 6.04 Å². The van der Waals surface area contributed by atoms with E-state index in [4.69, 9.17) is 5.73 Å². The lowest BCUT2D eigenvalue weighted by molar-refractivity contribution is 0.403. The Morgan fingerprint density at radius 3 is 2.67 bits per heavy atom. The third kappa shape index (κ3) is 2.28. The monoisotopic (exact) mass is 202 g/mol. The van der Waals surface area contributed by atoms with Gasteiger partial charge in [-0.2, -0.15) is 0 Å². The van der Waals surface area contributed by atoms with Crippen LogP contribution in [0.5, 0.6) is 0 Å². The van der Waals surface area contributed by atoms with Crippen LogP contribution in [0.15, 0.2) is 30.8 Å². The Morgan fingerprint density at radius 2 is 2.07 bits per heavy atom. The minimum atomic E-state index is 0.244. The summed E-state index contributed by atoms with van der Waals surface area (Å²) in [5.41, 5.74) is 8.62. The molecule has 1 heterocycles. The molecule has 0 bridgehead atoms. The van der Waals surface area contributed by atoms with Crippen molar-refractivity contribution in [2.45, 2.75) is 18.4 Å². The van der Waals surface area contributed by atoms with Gasteiger partial charge in [0.2, 0.25) is 0 Å². The van der Waals surface area contributed by atoms with Crippen LogP contribution in [0.4, 0.5) is 0 Å². The molecule has 0 amide bonds. The largest absolute Gasteiger partial charge is 0.326 e. The highest BCUT2D eigenvalue weighted by Crippen LogP contribution is 2.24. The van der Waals surface area contributed by atoms with Gasteiger partial charge in [0.1, 0.15) is 0 Å². The van der Waals surface area contributed by atoms with Gasteiger partial charge >= 0.3 is 0 Å². The van der Waals surface area contributed by atoms with Crippen molar-refractivity contribution in [2.75, 3.05) is 13.1 Å². The molecule has 3 N–H and O–H groups in total. The van der Waals surface area contributed by atoms with Crippen LogP contribution in [-0.2, 0) is 0 Å². The number of hydrogen-bond acceptors (Lipinski definition) is 2. The summed E-state index contributed by atoms with van der Waals surface area (Å²) < 4.78 is 0. The molecule has 2 unspecified atom stereocenters. The fraction of sp³-hybridized carbons (Fsp3) is 0.385. The maximum atomic E-state index is 6.10. The van der Waals surface area contributed by atoms with Crippen LogP contribution in [0.1, 0.15) is 23.5 Å². The Bertz CT molecular complexity index is 329. The van der Waals surface area contributed by atoms with E-state index < -0.39 is 0 Å². The highest BCUT2D eigenvalue weighted by Gasteiger charge is 2.22. The van der Waals surface area contributed by atoms with Gasteiger partial charge in [-0.1, -0.05) is 36.9 Å². The maximum absolute atomic E-state index is 6.10. The second-order valence-corrected chi connectivity index (χ2v) is 4.13. The summed E-state index contributed by atoms with van der Waals surface area (Å²) >= 11 is 0. The molecular weight excluding hydrogens is 184 g/mol. The zero-order valence-electron chi connectivity index (χ0n) is 8.95. The molecule has 1 saturated heterocycles. The fourth-order valence-corrected chi connectivity index (χ4v) is 2.18. The molecule has 1 aromatic carbocycles. The Balaban J connectivity index is 2.16. The third-order valence-electron chi connectivity index (χ3n) is 3.13. The van der Waals surface area contributed by atoms with Crippen LogP contribution in [-0.4, -0.2) is 19.1 Å². The van der Waals surface area contributed by atoms with Gasteiger partial charge in [-0.25, -0.2) is 0 Å². The van der Waals surface area contributed by atoms with Crippen LogP contribution < -0.4 is 11.1 Å². The van der Waals surface area contributed by atoms with Crippen molar-refractivity contribution in [3.05, 3.63) is 42.0 Å². The summed E-state index contributed by atoms with van der Waals surface area (Å²) in [6.07, 6.45) is 3.00. The molecule has 0 aliphatic carbocycles. The Morgan fingerprint density at radius 1 is 1.33 bits per heavy atom. The molecule has 1 aromatic rings. The highest BCUT2D eigenvalue weighted by molar-refractivity contribution is 5.47. The highest BCUT2D eigenvalue weighted by atomic mass is 14.9. The second-order valence-electron chi connectivity index (χ2n) is 4.13. The molecule has 1 aliphatic rings. The second kappa shape index (κ2) is 4.60. The minimum Gasteiger partial charge on any atom is -0.326 e. The van der Waals surface area contributed by atoms with Crippen LogP contribution in [0.2, 0.25) is 0 Å². The molecule has 2 rings (SSSR count). The van der Waals surface area contributed by atoms with Gasteiger partial charge in [-0.05, 0) is 24.1 Å². The molecule has 2 nitrogen and oxygen atoms in total. The molecule has 80 valence electrons. The molecule has 0 spiro atoms. The molecule has 0 radical (unpaired) electrons. The van der Waals surface area contributed by atoms with Crippen LogP contribution >= 0.6 is 0 Å². The first-order valence-electron chi connectivity index (χ1n) is 5.50. The molecule has 1 fully saturated rings. The van der Waals surface area contributed by atoms with E-state index >= 15 is 0 Å². The standard InChI is InChI=1S/C13H18N2/c1-2-10-3-5-11(6-4-10)12-7-8-15-9-13(12)14/h2-6,12-13,15H,1,7-9,14H2. The number of piperidine rings is 1.